The zero-order valence-corrected chi connectivity index (χ0v) is 11.2. The molecule has 0 nitrogen and oxygen atoms in total. The van der Waals surface area contributed by atoms with E-state index in [4.69, 9.17) is 11.6 Å². The van der Waals surface area contributed by atoms with Crippen molar-refractivity contribution in [3.05, 3.63) is 34.9 Å². The maximum absolute atomic E-state index is 5.63. The Morgan fingerprint density at radius 1 is 1.36 bits per heavy atom. The summed E-state index contributed by atoms with van der Waals surface area (Å²) in [5, 5.41) is 0. The summed E-state index contributed by atoms with van der Waals surface area (Å²) in [6, 6.07) is 7.67. The summed E-state index contributed by atoms with van der Waals surface area (Å²) in [6.45, 7) is 4.38. The van der Waals surface area contributed by atoms with Gasteiger partial charge in [0.1, 0.15) is 8.67 Å². The van der Waals surface area contributed by atoms with Gasteiger partial charge in [-0.1, -0.05) is 18.2 Å². The van der Waals surface area contributed by atoms with Gasteiger partial charge in [0.2, 0.25) is 0 Å². The first kappa shape index (κ1) is 12.1. The van der Waals surface area contributed by atoms with E-state index in [1.165, 1.54) is 16.7 Å². The maximum Gasteiger partial charge on any atom is 0.124 e. The van der Waals surface area contributed by atoms with Gasteiger partial charge in [0.05, 0.1) is 0 Å². The first-order valence-electron chi connectivity index (χ1n) is 4.71. The van der Waals surface area contributed by atoms with Crippen LogP contribution in [0.25, 0.3) is 0 Å². The van der Waals surface area contributed by atoms with Crippen LogP contribution in [0, 0.1) is 13.8 Å². The molecule has 0 spiro atoms. The Kier molecular flexibility index (Phi) is 5.68. The molecule has 1 rings (SSSR count). The molecule has 0 aliphatic carbocycles. The summed E-state index contributed by atoms with van der Waals surface area (Å²) in [7, 11) is 0.936. The minimum atomic E-state index is 0.790. The number of hydrogen-bond acceptors (Lipinski definition) is 1. The quantitative estimate of drug-likeness (QED) is 0.430. The van der Waals surface area contributed by atoms with Gasteiger partial charge in [-0.05, 0) is 36.6 Å². The summed E-state index contributed by atoms with van der Waals surface area (Å²) < 4.78 is 0. The second-order valence-electron chi connectivity index (χ2n) is 3.23. The van der Waals surface area contributed by atoms with Gasteiger partial charge in [0.25, 0.3) is 0 Å². The number of benzene rings is 1. The lowest BCUT2D eigenvalue weighted by molar-refractivity contribution is 1.25. The molecule has 2 radical (unpaired) electrons. The first-order chi connectivity index (χ1) is 6.75. The van der Waals surface area contributed by atoms with E-state index in [-0.39, 0.29) is 0 Å². The van der Waals surface area contributed by atoms with Gasteiger partial charge in [-0.3, -0.25) is 0 Å². The number of hydrogen-bond donors (Lipinski definition) is 0. The fourth-order valence-corrected chi connectivity index (χ4v) is 4.13. The van der Waals surface area contributed by atoms with Crippen molar-refractivity contribution in [2.45, 2.75) is 25.6 Å². The highest BCUT2D eigenvalue weighted by molar-refractivity contribution is 8.21. The molecule has 0 amide bonds. The molecule has 0 bridgehead atoms. The zero-order chi connectivity index (χ0) is 10.4. The molecule has 0 heterocycles. The molecule has 1 aromatic carbocycles. The Hall–Kier alpha value is 0.0769. The second kappa shape index (κ2) is 6.54. The van der Waals surface area contributed by atoms with Gasteiger partial charge in [0.15, 0.2) is 0 Å². The molecule has 1 aromatic rings. The molecule has 0 aliphatic heterocycles. The lowest BCUT2D eigenvalue weighted by Gasteiger charge is -2.07. The van der Waals surface area contributed by atoms with Crippen LogP contribution in [0.3, 0.4) is 0 Å². The van der Waals surface area contributed by atoms with Crippen LogP contribution in [-0.2, 0) is 5.75 Å². The Labute approximate surface area is 97.9 Å². The molecule has 0 saturated carbocycles. The second-order valence-corrected chi connectivity index (χ2v) is 6.71. The molecular weight excluding hydrogens is 228 g/mol. The average molecular weight is 243 g/mol. The molecule has 0 unspecified atom stereocenters. The Morgan fingerprint density at radius 2 is 2.14 bits per heavy atom. The summed E-state index contributed by atoms with van der Waals surface area (Å²) in [6.07, 6.45) is 0. The Bertz CT molecular complexity index is 289. The predicted octanol–water partition coefficient (Wildman–Crippen LogP) is 3.81. The molecule has 0 saturated heterocycles. The van der Waals surface area contributed by atoms with Crippen LogP contribution in [0.15, 0.2) is 18.2 Å². The Balaban J connectivity index is 2.46. The van der Waals surface area contributed by atoms with E-state index >= 15 is 0 Å². The minimum absolute atomic E-state index is 0.790. The SMILES string of the molecule is Cc1cccc(CS[Si]CCCl)c1C. The van der Waals surface area contributed by atoms with Gasteiger partial charge >= 0.3 is 0 Å². The fraction of sp³-hybridized carbons (Fsp3) is 0.455. The molecule has 0 aromatic heterocycles. The standard InChI is InChI=1S/C11H15ClSSi/c1-9-4-3-5-11(10(9)2)8-13-14-7-6-12/h3-5H,6-8H2,1-2H3. The molecule has 76 valence electrons. The van der Waals surface area contributed by atoms with Gasteiger partial charge in [0, 0.05) is 11.6 Å². The van der Waals surface area contributed by atoms with Crippen molar-refractivity contribution in [3.63, 3.8) is 0 Å². The van der Waals surface area contributed by atoms with Crippen LogP contribution in [0.5, 0.6) is 0 Å². The van der Waals surface area contributed by atoms with Crippen molar-refractivity contribution in [2.75, 3.05) is 5.88 Å². The van der Waals surface area contributed by atoms with E-state index in [2.05, 4.69) is 32.0 Å². The van der Waals surface area contributed by atoms with Gasteiger partial charge < -0.3 is 0 Å². The molecule has 3 heteroatoms. The van der Waals surface area contributed by atoms with Crippen LogP contribution < -0.4 is 0 Å². The smallest absolute Gasteiger partial charge is 0.124 e. The number of halogens is 1. The lowest BCUT2D eigenvalue weighted by atomic mass is 10.1. The van der Waals surface area contributed by atoms with Gasteiger partial charge in [-0.25, -0.2) is 0 Å². The van der Waals surface area contributed by atoms with Crippen LogP contribution in [0.4, 0.5) is 0 Å². The number of alkyl halides is 1. The van der Waals surface area contributed by atoms with E-state index in [1.54, 1.807) is 0 Å². The zero-order valence-electron chi connectivity index (χ0n) is 8.64. The van der Waals surface area contributed by atoms with Crippen LogP contribution in [-0.4, -0.2) is 14.5 Å². The summed E-state index contributed by atoms with van der Waals surface area (Å²) in [4.78, 5) is 0. The van der Waals surface area contributed by atoms with Gasteiger partial charge in [-0.15, -0.1) is 11.6 Å². The summed E-state index contributed by atoms with van der Waals surface area (Å²) in [5.74, 6) is 1.92. The van der Waals surface area contributed by atoms with Crippen molar-refractivity contribution in [3.8, 4) is 0 Å². The van der Waals surface area contributed by atoms with E-state index in [9.17, 15) is 0 Å². The van der Waals surface area contributed by atoms with Crippen molar-refractivity contribution < 1.29 is 0 Å². The first-order valence-corrected chi connectivity index (χ1v) is 8.16. The molecule has 0 aliphatic rings. The largest absolute Gasteiger partial charge is 0.185 e. The predicted molar refractivity (Wildman–Crippen MR) is 68.5 cm³/mol. The van der Waals surface area contributed by atoms with Crippen LogP contribution in [0.2, 0.25) is 6.04 Å². The summed E-state index contributed by atoms with van der Waals surface area (Å²) >= 11 is 7.63. The lowest BCUT2D eigenvalue weighted by Crippen LogP contribution is -1.92. The van der Waals surface area contributed by atoms with E-state index < -0.39 is 0 Å². The van der Waals surface area contributed by atoms with Crippen molar-refractivity contribution >= 4 is 31.5 Å². The maximum atomic E-state index is 5.63. The summed E-state index contributed by atoms with van der Waals surface area (Å²) in [5.41, 5.74) is 4.30. The van der Waals surface area contributed by atoms with Crippen LogP contribution >= 0.6 is 22.8 Å². The molecule has 14 heavy (non-hydrogen) atoms. The topological polar surface area (TPSA) is 0 Å². The normalized spacial score (nSPS) is 10.5. The molecular formula is C11H15ClSSi. The Morgan fingerprint density at radius 3 is 2.86 bits per heavy atom. The fourth-order valence-electron chi connectivity index (χ4n) is 1.21. The molecule has 0 atom stereocenters. The third-order valence-electron chi connectivity index (χ3n) is 2.24. The molecule has 0 fully saturated rings. The van der Waals surface area contributed by atoms with E-state index in [0.29, 0.717) is 0 Å². The highest BCUT2D eigenvalue weighted by Gasteiger charge is 2.00. The van der Waals surface area contributed by atoms with Crippen LogP contribution in [0.1, 0.15) is 16.7 Å². The third-order valence-corrected chi connectivity index (χ3v) is 5.52. The third kappa shape index (κ3) is 3.68. The monoisotopic (exact) mass is 242 g/mol. The number of aryl methyl sites for hydroxylation is 1. The average Bonchev–Trinajstić information content (AvgIpc) is 2.19. The minimum Gasteiger partial charge on any atom is -0.185 e. The highest BCUT2D eigenvalue weighted by atomic mass is 35.5. The van der Waals surface area contributed by atoms with Crippen molar-refractivity contribution in [1.29, 1.82) is 0 Å². The van der Waals surface area contributed by atoms with E-state index in [0.717, 1.165) is 26.3 Å². The highest BCUT2D eigenvalue weighted by Crippen LogP contribution is 2.18. The molecule has 0 N–H and O–H groups in total. The van der Waals surface area contributed by atoms with E-state index in [1.807, 2.05) is 11.2 Å². The van der Waals surface area contributed by atoms with Gasteiger partial charge in [-0.2, -0.15) is 11.2 Å². The van der Waals surface area contributed by atoms with Crippen molar-refractivity contribution in [2.24, 2.45) is 0 Å². The number of rotatable bonds is 5. The van der Waals surface area contributed by atoms with Crippen molar-refractivity contribution in [1.82, 2.24) is 0 Å².